The molecular weight excluding hydrogens is 400 g/mol. The molecule has 4 rings (SSSR count). The van der Waals surface area contributed by atoms with Crippen LogP contribution in [0.5, 0.6) is 0 Å². The van der Waals surface area contributed by atoms with Gasteiger partial charge in [-0.3, -0.25) is 4.31 Å². The second kappa shape index (κ2) is 7.16. The third kappa shape index (κ3) is 3.81. The van der Waals surface area contributed by atoms with Gasteiger partial charge in [0.25, 0.3) is 0 Å². The fourth-order valence-corrected chi connectivity index (χ4v) is 5.32. The number of fused-ring (bicyclic) bond motifs is 1. The zero-order chi connectivity index (χ0) is 21.7. The van der Waals surface area contributed by atoms with Crippen LogP contribution in [0.4, 0.5) is 10.5 Å². The third-order valence-electron chi connectivity index (χ3n) is 5.09. The minimum absolute atomic E-state index is 0.182. The second-order valence-corrected chi connectivity index (χ2v) is 10.7. The number of benzene rings is 2. The molecule has 0 amide bonds. The molecule has 30 heavy (non-hydrogen) atoms. The van der Waals surface area contributed by atoms with Crippen LogP contribution in [0.2, 0.25) is 0 Å². The number of hydrogen-bond donors (Lipinski definition) is 0. The summed E-state index contributed by atoms with van der Waals surface area (Å²) >= 11 is 0. The van der Waals surface area contributed by atoms with E-state index >= 15 is 0 Å². The van der Waals surface area contributed by atoms with Gasteiger partial charge in [0.05, 0.1) is 22.7 Å². The number of ether oxygens (including phenoxy) is 1. The molecule has 0 radical (unpaired) electrons. The van der Waals surface area contributed by atoms with Crippen LogP contribution in [0.3, 0.4) is 0 Å². The third-order valence-corrected chi connectivity index (χ3v) is 6.96. The van der Waals surface area contributed by atoms with E-state index in [0.717, 1.165) is 22.0 Å². The van der Waals surface area contributed by atoms with Crippen LogP contribution in [0, 0.1) is 6.92 Å². The van der Waals surface area contributed by atoms with E-state index < -0.39 is 21.7 Å². The molecule has 0 saturated carbocycles. The fraction of sp³-hybridized carbons (Fsp3) is 0.348. The van der Waals surface area contributed by atoms with Gasteiger partial charge < -0.3 is 4.74 Å². The van der Waals surface area contributed by atoms with Crippen molar-refractivity contribution in [1.82, 2.24) is 4.57 Å². The molecule has 3 aromatic rings. The van der Waals surface area contributed by atoms with Crippen molar-refractivity contribution in [2.24, 2.45) is 0 Å². The summed E-state index contributed by atoms with van der Waals surface area (Å²) in [7, 11) is -3.23. The van der Waals surface area contributed by atoms with Gasteiger partial charge in [-0.1, -0.05) is 24.3 Å². The average molecular weight is 427 g/mol. The van der Waals surface area contributed by atoms with Crippen molar-refractivity contribution in [2.45, 2.75) is 39.7 Å². The second-order valence-electron chi connectivity index (χ2n) is 8.70. The molecule has 0 atom stereocenters. The van der Waals surface area contributed by atoms with Crippen LogP contribution in [0.1, 0.15) is 32.8 Å². The molecule has 0 spiro atoms. The van der Waals surface area contributed by atoms with Crippen molar-refractivity contribution >= 4 is 32.7 Å². The van der Waals surface area contributed by atoms with Crippen molar-refractivity contribution in [3.63, 3.8) is 0 Å². The van der Waals surface area contributed by atoms with Crippen LogP contribution in [0.15, 0.2) is 48.5 Å². The lowest BCUT2D eigenvalue weighted by molar-refractivity contribution is 0.0547. The molecule has 0 N–H and O–H groups in total. The van der Waals surface area contributed by atoms with Gasteiger partial charge in [-0.2, -0.15) is 0 Å². The van der Waals surface area contributed by atoms with Crippen molar-refractivity contribution in [3.05, 3.63) is 54.1 Å². The highest BCUT2D eigenvalue weighted by atomic mass is 32.2. The summed E-state index contributed by atoms with van der Waals surface area (Å²) < 4.78 is 33.1. The van der Waals surface area contributed by atoms with Gasteiger partial charge in [0, 0.05) is 11.9 Å². The molecule has 2 heterocycles. The first-order valence-corrected chi connectivity index (χ1v) is 11.6. The number of nitrogens with zero attached hydrogens (tertiary/aromatic N) is 2. The van der Waals surface area contributed by atoms with E-state index in [1.165, 1.54) is 4.31 Å². The normalized spacial score (nSPS) is 16.2. The topological polar surface area (TPSA) is 68.6 Å². The van der Waals surface area contributed by atoms with Crippen molar-refractivity contribution in [1.29, 1.82) is 0 Å². The summed E-state index contributed by atoms with van der Waals surface area (Å²) in [5.74, 6) is 0.182. The molecule has 0 aliphatic carbocycles. The Hall–Kier alpha value is -2.80. The highest BCUT2D eigenvalue weighted by Crippen LogP contribution is 2.32. The number of sulfonamides is 1. The summed E-state index contributed by atoms with van der Waals surface area (Å²) in [6, 6.07) is 15.2. The van der Waals surface area contributed by atoms with Gasteiger partial charge in [0.15, 0.2) is 0 Å². The van der Waals surface area contributed by atoms with Gasteiger partial charge in [-0.15, -0.1) is 0 Å². The summed E-state index contributed by atoms with van der Waals surface area (Å²) in [4.78, 5) is 13.1. The maximum Gasteiger partial charge on any atom is 0.419 e. The zero-order valence-corrected chi connectivity index (χ0v) is 18.5. The van der Waals surface area contributed by atoms with E-state index in [-0.39, 0.29) is 5.75 Å². The van der Waals surface area contributed by atoms with Crippen LogP contribution in [0.25, 0.3) is 22.2 Å². The Morgan fingerprint density at radius 3 is 2.33 bits per heavy atom. The number of hydrogen-bond acceptors (Lipinski definition) is 4. The molecule has 0 bridgehead atoms. The van der Waals surface area contributed by atoms with Gasteiger partial charge in [-0.25, -0.2) is 17.8 Å². The van der Waals surface area contributed by atoms with Crippen LogP contribution >= 0.6 is 0 Å². The molecular formula is C23H26N2O4S. The quantitative estimate of drug-likeness (QED) is 0.582. The first-order chi connectivity index (χ1) is 14.0. The Kier molecular flexibility index (Phi) is 4.89. The Labute approximate surface area is 177 Å². The fourth-order valence-electron chi connectivity index (χ4n) is 3.76. The van der Waals surface area contributed by atoms with Gasteiger partial charge in [0.1, 0.15) is 5.60 Å². The molecule has 1 fully saturated rings. The monoisotopic (exact) mass is 426 g/mol. The Morgan fingerprint density at radius 2 is 1.73 bits per heavy atom. The van der Waals surface area contributed by atoms with Crippen molar-refractivity contribution < 1.29 is 17.9 Å². The number of carbonyl (C=O) groups excluding carboxylic acids is 1. The van der Waals surface area contributed by atoms with E-state index in [4.69, 9.17) is 4.74 Å². The number of anilines is 1. The number of aryl methyl sites for hydroxylation is 1. The zero-order valence-electron chi connectivity index (χ0n) is 17.7. The molecule has 0 unspecified atom stereocenters. The summed E-state index contributed by atoms with van der Waals surface area (Å²) in [5.41, 5.74) is 3.38. The van der Waals surface area contributed by atoms with E-state index in [9.17, 15) is 13.2 Å². The van der Waals surface area contributed by atoms with Gasteiger partial charge in [0.2, 0.25) is 10.0 Å². The standard InChI is InChI=1S/C23H26N2O4S/c1-16-6-7-18-15-21(25(20(18)14-16)22(26)29-23(2,3)4)17-8-10-19(11-9-17)24-12-5-13-30(24,27)28/h6-11,14-15H,5,12-13H2,1-4H3. The lowest BCUT2D eigenvalue weighted by Crippen LogP contribution is -2.27. The van der Waals surface area contributed by atoms with Crippen LogP contribution < -0.4 is 4.31 Å². The predicted octanol–water partition coefficient (Wildman–Crippen LogP) is 4.94. The van der Waals surface area contributed by atoms with Crippen LogP contribution in [-0.2, 0) is 14.8 Å². The molecule has 158 valence electrons. The lowest BCUT2D eigenvalue weighted by Gasteiger charge is -2.21. The number of carbonyl (C=O) groups is 1. The lowest BCUT2D eigenvalue weighted by atomic mass is 10.1. The molecule has 7 heteroatoms. The number of rotatable bonds is 2. The molecule has 2 aromatic carbocycles. The first-order valence-electron chi connectivity index (χ1n) is 10.0. The van der Waals surface area contributed by atoms with Crippen LogP contribution in [-0.4, -0.2) is 37.0 Å². The highest BCUT2D eigenvalue weighted by Gasteiger charge is 2.28. The average Bonchev–Trinajstić information content (AvgIpc) is 3.19. The summed E-state index contributed by atoms with van der Waals surface area (Å²) in [6.45, 7) is 8.00. The minimum atomic E-state index is -3.23. The Balaban J connectivity index is 1.80. The maximum atomic E-state index is 13.1. The maximum absolute atomic E-state index is 13.1. The smallest absolute Gasteiger partial charge is 0.419 e. The molecule has 6 nitrogen and oxygen atoms in total. The van der Waals surface area contributed by atoms with E-state index in [2.05, 4.69) is 0 Å². The van der Waals surface area contributed by atoms with E-state index in [1.54, 1.807) is 16.7 Å². The van der Waals surface area contributed by atoms with E-state index in [1.807, 2.05) is 64.1 Å². The minimum Gasteiger partial charge on any atom is -0.443 e. The van der Waals surface area contributed by atoms with E-state index in [0.29, 0.717) is 24.3 Å². The molecule has 1 aliphatic heterocycles. The number of aromatic nitrogens is 1. The Morgan fingerprint density at radius 1 is 1.03 bits per heavy atom. The largest absolute Gasteiger partial charge is 0.443 e. The van der Waals surface area contributed by atoms with Crippen molar-refractivity contribution in [3.8, 4) is 11.3 Å². The molecule has 1 aromatic heterocycles. The van der Waals surface area contributed by atoms with Gasteiger partial charge in [-0.05, 0) is 69.5 Å². The van der Waals surface area contributed by atoms with Crippen molar-refractivity contribution in [2.75, 3.05) is 16.6 Å². The highest BCUT2D eigenvalue weighted by molar-refractivity contribution is 7.93. The van der Waals surface area contributed by atoms with Gasteiger partial charge >= 0.3 is 6.09 Å². The Bertz CT molecular complexity index is 1220. The first kappa shape index (κ1) is 20.5. The molecule has 1 saturated heterocycles. The summed E-state index contributed by atoms with van der Waals surface area (Å²) in [6.07, 6.45) is 0.195. The molecule has 1 aliphatic rings. The summed E-state index contributed by atoms with van der Waals surface area (Å²) in [5, 5.41) is 0.938. The predicted molar refractivity (Wildman–Crippen MR) is 119 cm³/mol. The SMILES string of the molecule is Cc1ccc2cc(-c3ccc(N4CCCS4(=O)=O)cc3)n(C(=O)OC(C)(C)C)c2c1.